The lowest BCUT2D eigenvalue weighted by Gasteiger charge is -2.10. The van der Waals surface area contributed by atoms with Crippen molar-refractivity contribution in [1.82, 2.24) is 0 Å². The van der Waals surface area contributed by atoms with Crippen molar-refractivity contribution in [2.75, 3.05) is 0 Å². The van der Waals surface area contributed by atoms with Crippen LogP contribution in [-0.2, 0) is 6.42 Å². The molecule has 1 atom stereocenters. The van der Waals surface area contributed by atoms with Crippen LogP contribution < -0.4 is 0 Å². The van der Waals surface area contributed by atoms with Gasteiger partial charge in [0.1, 0.15) is 0 Å². The number of ketones is 1. The summed E-state index contributed by atoms with van der Waals surface area (Å²) < 4.78 is 0. The summed E-state index contributed by atoms with van der Waals surface area (Å²) in [5, 5.41) is 0. The third kappa shape index (κ3) is 1.28. The van der Waals surface area contributed by atoms with E-state index in [1.165, 1.54) is 11.1 Å². The molecule has 1 aromatic rings. The van der Waals surface area contributed by atoms with Crippen LogP contribution in [0.5, 0.6) is 0 Å². The monoisotopic (exact) mass is 188 g/mol. The Morgan fingerprint density at radius 1 is 1.36 bits per heavy atom. The maximum atomic E-state index is 11.9. The van der Waals surface area contributed by atoms with Gasteiger partial charge in [-0.05, 0) is 23.5 Å². The molecule has 0 aromatic heterocycles. The summed E-state index contributed by atoms with van der Waals surface area (Å²) in [6, 6.07) is 6.24. The van der Waals surface area contributed by atoms with E-state index >= 15 is 0 Å². The molecular formula is C13H16O. The highest BCUT2D eigenvalue weighted by molar-refractivity contribution is 6.03. The second-order valence-corrected chi connectivity index (χ2v) is 4.51. The van der Waals surface area contributed by atoms with Gasteiger partial charge in [0, 0.05) is 11.5 Å². The van der Waals surface area contributed by atoms with Gasteiger partial charge in [-0.15, -0.1) is 0 Å². The fraction of sp³-hybridized carbons (Fsp3) is 0.462. The fourth-order valence-electron chi connectivity index (χ4n) is 2.24. The average molecular weight is 188 g/mol. The predicted molar refractivity (Wildman–Crippen MR) is 57.7 cm³/mol. The number of rotatable bonds is 1. The van der Waals surface area contributed by atoms with Gasteiger partial charge in [-0.2, -0.15) is 0 Å². The maximum absolute atomic E-state index is 11.9. The van der Waals surface area contributed by atoms with Crippen LogP contribution in [-0.4, -0.2) is 5.78 Å². The zero-order valence-electron chi connectivity index (χ0n) is 9.00. The molecule has 0 heterocycles. The molecule has 0 spiro atoms. The van der Waals surface area contributed by atoms with E-state index in [1.54, 1.807) is 0 Å². The topological polar surface area (TPSA) is 17.1 Å². The van der Waals surface area contributed by atoms with Crippen LogP contribution in [0.25, 0.3) is 0 Å². The molecule has 0 N–H and O–H groups in total. The number of benzene rings is 1. The van der Waals surface area contributed by atoms with Crippen molar-refractivity contribution in [2.24, 2.45) is 5.92 Å². The maximum Gasteiger partial charge on any atom is 0.166 e. The lowest BCUT2D eigenvalue weighted by atomic mass is 9.94. The number of Topliss-reactive ketones (excluding diaryl/α,β-unsaturated/α-hetero) is 1. The van der Waals surface area contributed by atoms with Crippen LogP contribution in [0.2, 0.25) is 0 Å². The van der Waals surface area contributed by atoms with E-state index in [9.17, 15) is 4.79 Å². The highest BCUT2D eigenvalue weighted by Gasteiger charge is 2.29. The van der Waals surface area contributed by atoms with Crippen molar-refractivity contribution >= 4 is 5.78 Å². The molecule has 0 bridgehead atoms. The van der Waals surface area contributed by atoms with Crippen molar-refractivity contribution in [3.63, 3.8) is 0 Å². The molecule has 1 aromatic carbocycles. The van der Waals surface area contributed by atoms with Gasteiger partial charge >= 0.3 is 0 Å². The molecule has 1 unspecified atom stereocenters. The zero-order valence-corrected chi connectivity index (χ0v) is 9.00. The average Bonchev–Trinajstić information content (AvgIpc) is 2.43. The van der Waals surface area contributed by atoms with Gasteiger partial charge < -0.3 is 0 Å². The van der Waals surface area contributed by atoms with Gasteiger partial charge in [0.15, 0.2) is 5.78 Å². The Balaban J connectivity index is 2.58. The predicted octanol–water partition coefficient (Wildman–Crippen LogP) is 3.18. The summed E-state index contributed by atoms with van der Waals surface area (Å²) in [7, 11) is 0. The molecule has 1 nitrogen and oxygen atoms in total. The molecular weight excluding hydrogens is 172 g/mol. The lowest BCUT2D eigenvalue weighted by Crippen LogP contribution is -2.06. The van der Waals surface area contributed by atoms with Crippen molar-refractivity contribution in [2.45, 2.75) is 33.1 Å². The van der Waals surface area contributed by atoms with Gasteiger partial charge in [-0.25, -0.2) is 0 Å². The van der Waals surface area contributed by atoms with Crippen LogP contribution in [0.1, 0.15) is 48.2 Å². The van der Waals surface area contributed by atoms with Gasteiger partial charge in [0.2, 0.25) is 0 Å². The van der Waals surface area contributed by atoms with Gasteiger partial charge in [-0.3, -0.25) is 4.79 Å². The van der Waals surface area contributed by atoms with Crippen molar-refractivity contribution in [3.05, 3.63) is 34.9 Å². The van der Waals surface area contributed by atoms with E-state index in [0.717, 1.165) is 12.0 Å². The first-order valence-corrected chi connectivity index (χ1v) is 5.27. The summed E-state index contributed by atoms with van der Waals surface area (Å²) in [4.78, 5) is 11.9. The molecule has 0 radical (unpaired) electrons. The molecule has 0 saturated heterocycles. The Hall–Kier alpha value is -1.11. The number of hydrogen-bond donors (Lipinski definition) is 0. The van der Waals surface area contributed by atoms with Crippen LogP contribution in [0.15, 0.2) is 18.2 Å². The second-order valence-electron chi connectivity index (χ2n) is 4.51. The highest BCUT2D eigenvalue weighted by atomic mass is 16.1. The SMILES string of the molecule is CC1Cc2cccc(C(C)C)c2C1=O. The van der Waals surface area contributed by atoms with E-state index in [4.69, 9.17) is 0 Å². The van der Waals surface area contributed by atoms with Gasteiger partial charge in [0.05, 0.1) is 0 Å². The fourth-order valence-corrected chi connectivity index (χ4v) is 2.24. The minimum atomic E-state index is 0.185. The summed E-state index contributed by atoms with van der Waals surface area (Å²) in [5.41, 5.74) is 3.47. The summed E-state index contributed by atoms with van der Waals surface area (Å²) >= 11 is 0. The second kappa shape index (κ2) is 3.23. The summed E-state index contributed by atoms with van der Waals surface area (Å²) in [6.45, 7) is 6.31. The number of carbonyl (C=O) groups excluding carboxylic acids is 1. The third-order valence-corrected chi connectivity index (χ3v) is 3.03. The molecule has 0 saturated carbocycles. The Morgan fingerprint density at radius 2 is 2.07 bits per heavy atom. The van der Waals surface area contributed by atoms with Crippen LogP contribution in [0.4, 0.5) is 0 Å². The first-order valence-electron chi connectivity index (χ1n) is 5.27. The van der Waals surface area contributed by atoms with E-state index in [0.29, 0.717) is 11.7 Å². The Bertz CT molecular complexity index is 377. The van der Waals surface area contributed by atoms with E-state index in [1.807, 2.05) is 6.92 Å². The normalized spacial score (nSPS) is 20.3. The largest absolute Gasteiger partial charge is 0.294 e. The first kappa shape index (κ1) is 9.45. The highest BCUT2D eigenvalue weighted by Crippen LogP contribution is 2.32. The number of carbonyl (C=O) groups is 1. The van der Waals surface area contributed by atoms with Crippen molar-refractivity contribution in [3.8, 4) is 0 Å². The lowest BCUT2D eigenvalue weighted by molar-refractivity contribution is 0.0945. The molecule has 74 valence electrons. The smallest absolute Gasteiger partial charge is 0.166 e. The third-order valence-electron chi connectivity index (χ3n) is 3.03. The van der Waals surface area contributed by atoms with Crippen LogP contribution in [0, 0.1) is 5.92 Å². The Labute approximate surface area is 85.1 Å². The molecule has 2 rings (SSSR count). The van der Waals surface area contributed by atoms with Crippen LogP contribution >= 0.6 is 0 Å². The summed E-state index contributed by atoms with van der Waals surface area (Å²) in [5.74, 6) is 0.966. The zero-order chi connectivity index (χ0) is 10.3. The number of hydrogen-bond acceptors (Lipinski definition) is 1. The molecule has 1 aliphatic carbocycles. The van der Waals surface area contributed by atoms with Gasteiger partial charge in [-0.1, -0.05) is 39.0 Å². The summed E-state index contributed by atoms with van der Waals surface area (Å²) in [6.07, 6.45) is 0.925. The molecule has 0 fully saturated rings. The minimum absolute atomic E-state index is 0.185. The van der Waals surface area contributed by atoms with Gasteiger partial charge in [0.25, 0.3) is 0 Å². The molecule has 14 heavy (non-hydrogen) atoms. The minimum Gasteiger partial charge on any atom is -0.294 e. The molecule has 1 heteroatoms. The molecule has 1 aliphatic rings. The Morgan fingerprint density at radius 3 is 2.71 bits per heavy atom. The van der Waals surface area contributed by atoms with Crippen molar-refractivity contribution in [1.29, 1.82) is 0 Å². The van der Waals surface area contributed by atoms with Crippen LogP contribution in [0.3, 0.4) is 0 Å². The Kier molecular flexibility index (Phi) is 2.18. The molecule has 0 aliphatic heterocycles. The van der Waals surface area contributed by atoms with E-state index in [-0.39, 0.29) is 5.92 Å². The first-order chi connectivity index (χ1) is 6.61. The number of fused-ring (bicyclic) bond motifs is 1. The quantitative estimate of drug-likeness (QED) is 0.661. The molecule has 0 amide bonds. The van der Waals surface area contributed by atoms with E-state index < -0.39 is 0 Å². The standard InChI is InChI=1S/C13H16O/c1-8(2)11-6-4-5-10-7-9(3)13(14)12(10)11/h4-6,8-9H,7H2,1-3H3. The van der Waals surface area contributed by atoms with E-state index in [2.05, 4.69) is 32.0 Å². The van der Waals surface area contributed by atoms with Crippen molar-refractivity contribution < 1.29 is 4.79 Å².